The summed E-state index contributed by atoms with van der Waals surface area (Å²) in [7, 11) is 0. The van der Waals surface area contributed by atoms with Crippen molar-refractivity contribution in [1.29, 1.82) is 0 Å². The summed E-state index contributed by atoms with van der Waals surface area (Å²) in [4.78, 5) is 10.3. The molecule has 1 heterocycles. The Morgan fingerprint density at radius 1 is 1.46 bits per heavy atom. The van der Waals surface area contributed by atoms with E-state index in [0.29, 0.717) is 0 Å². The summed E-state index contributed by atoms with van der Waals surface area (Å²) in [5.41, 5.74) is 2.54. The Morgan fingerprint density at radius 3 is 3.15 bits per heavy atom. The second-order valence-corrected chi connectivity index (χ2v) is 3.17. The van der Waals surface area contributed by atoms with Crippen molar-refractivity contribution >= 4 is 5.94 Å². The Kier molecular flexibility index (Phi) is 2.26. The molecular weight excluding hydrogens is 162 g/mol. The Labute approximate surface area is 77.3 Å². The molecule has 0 aliphatic carbocycles. The number of fused-ring (bicyclic) bond motifs is 1. The average Bonchev–Trinajstić information content (AvgIpc) is 2.19. The molecule has 0 radical (unpaired) electrons. The Bertz CT molecular complexity index is 353. The topological polar surface area (TPSA) is 29.1 Å². The maximum absolute atomic E-state index is 10.3. The zero-order valence-corrected chi connectivity index (χ0v) is 7.29. The van der Waals surface area contributed by atoms with E-state index in [2.05, 4.69) is 17.4 Å². The van der Waals surface area contributed by atoms with Crippen molar-refractivity contribution in [2.24, 2.45) is 0 Å². The van der Waals surface area contributed by atoms with Gasteiger partial charge in [-0.05, 0) is 17.5 Å². The van der Waals surface area contributed by atoms with Crippen molar-refractivity contribution in [3.63, 3.8) is 0 Å². The number of hydrogen-bond donors (Lipinski definition) is 1. The average molecular weight is 173 g/mol. The molecule has 2 nitrogen and oxygen atoms in total. The predicted molar refractivity (Wildman–Crippen MR) is 51.2 cm³/mol. The van der Waals surface area contributed by atoms with Gasteiger partial charge in [0.05, 0.1) is 6.04 Å². The predicted octanol–water partition coefficient (Wildman–Crippen LogP) is 1.26. The minimum Gasteiger partial charge on any atom is -0.306 e. The molecule has 2 heteroatoms. The summed E-state index contributed by atoms with van der Waals surface area (Å²) >= 11 is 0. The normalized spacial score (nSPS) is 20.2. The molecule has 13 heavy (non-hydrogen) atoms. The van der Waals surface area contributed by atoms with Gasteiger partial charge in [-0.3, -0.25) is 0 Å². The molecule has 66 valence electrons. The van der Waals surface area contributed by atoms with E-state index in [4.69, 9.17) is 0 Å². The highest BCUT2D eigenvalue weighted by Crippen LogP contribution is 2.22. The van der Waals surface area contributed by atoms with Gasteiger partial charge in [0.25, 0.3) is 0 Å². The van der Waals surface area contributed by atoms with Crippen molar-refractivity contribution < 1.29 is 4.79 Å². The van der Waals surface area contributed by atoms with E-state index in [-0.39, 0.29) is 6.04 Å². The molecule has 1 aromatic carbocycles. The molecule has 0 spiro atoms. The molecule has 1 aliphatic rings. The van der Waals surface area contributed by atoms with Gasteiger partial charge in [0.1, 0.15) is 5.94 Å². The lowest BCUT2D eigenvalue weighted by Crippen LogP contribution is -2.28. The first-order valence-electron chi connectivity index (χ1n) is 4.44. The lowest BCUT2D eigenvalue weighted by atomic mass is 9.94. The molecule has 0 bridgehead atoms. The Morgan fingerprint density at radius 2 is 2.31 bits per heavy atom. The van der Waals surface area contributed by atoms with E-state index in [1.54, 1.807) is 0 Å². The van der Waals surface area contributed by atoms with Gasteiger partial charge in [-0.2, -0.15) is 0 Å². The third-order valence-electron chi connectivity index (χ3n) is 2.38. The van der Waals surface area contributed by atoms with Crippen LogP contribution in [-0.4, -0.2) is 12.5 Å². The maximum atomic E-state index is 10.3. The van der Waals surface area contributed by atoms with Crippen LogP contribution in [0.4, 0.5) is 0 Å². The SMILES string of the molecule is O=C=CC1NCCc2ccccc21. The third-order valence-corrected chi connectivity index (χ3v) is 2.38. The largest absolute Gasteiger partial charge is 0.306 e. The van der Waals surface area contributed by atoms with Gasteiger partial charge in [-0.15, -0.1) is 0 Å². The summed E-state index contributed by atoms with van der Waals surface area (Å²) in [6.45, 7) is 0.930. The number of nitrogens with one attached hydrogen (secondary N) is 1. The molecule has 1 unspecified atom stereocenters. The molecule has 1 aliphatic heterocycles. The maximum Gasteiger partial charge on any atom is 0.122 e. The van der Waals surface area contributed by atoms with Crippen molar-refractivity contribution in [3.05, 3.63) is 41.5 Å². The summed E-state index contributed by atoms with van der Waals surface area (Å²) in [6.07, 6.45) is 2.58. The van der Waals surface area contributed by atoms with Gasteiger partial charge in [0.15, 0.2) is 0 Å². The zero-order chi connectivity index (χ0) is 9.10. The van der Waals surface area contributed by atoms with E-state index in [1.165, 1.54) is 17.2 Å². The molecule has 1 atom stereocenters. The molecule has 0 aromatic heterocycles. The van der Waals surface area contributed by atoms with E-state index < -0.39 is 0 Å². The molecule has 0 fully saturated rings. The van der Waals surface area contributed by atoms with Crippen LogP contribution in [0, 0.1) is 0 Å². The van der Waals surface area contributed by atoms with Crippen LogP contribution in [0.5, 0.6) is 0 Å². The van der Waals surface area contributed by atoms with E-state index >= 15 is 0 Å². The molecule has 0 amide bonds. The fourth-order valence-electron chi connectivity index (χ4n) is 1.75. The highest BCUT2D eigenvalue weighted by molar-refractivity contribution is 5.50. The molecule has 1 N–H and O–H groups in total. The summed E-state index contributed by atoms with van der Waals surface area (Å²) in [5, 5.41) is 3.26. The minimum atomic E-state index is 0.0578. The third kappa shape index (κ3) is 1.55. The van der Waals surface area contributed by atoms with Crippen LogP contribution in [-0.2, 0) is 11.2 Å². The van der Waals surface area contributed by atoms with Gasteiger partial charge in [-0.25, -0.2) is 4.79 Å². The highest BCUT2D eigenvalue weighted by atomic mass is 16.1. The first-order valence-corrected chi connectivity index (χ1v) is 4.44. The Hall–Kier alpha value is -1.37. The number of rotatable bonds is 1. The smallest absolute Gasteiger partial charge is 0.122 e. The second-order valence-electron chi connectivity index (χ2n) is 3.17. The van der Waals surface area contributed by atoms with Crippen LogP contribution >= 0.6 is 0 Å². The van der Waals surface area contributed by atoms with Crippen LogP contribution < -0.4 is 5.32 Å². The number of benzene rings is 1. The number of hydrogen-bond acceptors (Lipinski definition) is 2. The van der Waals surface area contributed by atoms with Crippen LogP contribution in [0.1, 0.15) is 17.2 Å². The molecule has 0 saturated carbocycles. The lowest BCUT2D eigenvalue weighted by molar-refractivity contribution is 0.556. The molecule has 2 rings (SSSR count). The minimum absolute atomic E-state index is 0.0578. The summed E-state index contributed by atoms with van der Waals surface area (Å²) in [5.74, 6) is 1.84. The highest BCUT2D eigenvalue weighted by Gasteiger charge is 2.16. The monoisotopic (exact) mass is 173 g/mol. The van der Waals surface area contributed by atoms with Crippen LogP contribution in [0.25, 0.3) is 0 Å². The summed E-state index contributed by atoms with van der Waals surface area (Å²) < 4.78 is 0. The molecule has 0 saturated heterocycles. The lowest BCUT2D eigenvalue weighted by Gasteiger charge is -2.23. The number of carbonyl (C=O) groups excluding carboxylic acids is 1. The van der Waals surface area contributed by atoms with E-state index in [0.717, 1.165) is 13.0 Å². The van der Waals surface area contributed by atoms with E-state index in [1.807, 2.05) is 18.1 Å². The fourth-order valence-corrected chi connectivity index (χ4v) is 1.75. The van der Waals surface area contributed by atoms with Gasteiger partial charge in [0.2, 0.25) is 0 Å². The van der Waals surface area contributed by atoms with Gasteiger partial charge in [0, 0.05) is 12.6 Å². The van der Waals surface area contributed by atoms with Crippen LogP contribution in [0.3, 0.4) is 0 Å². The van der Waals surface area contributed by atoms with Crippen molar-refractivity contribution in [3.8, 4) is 0 Å². The molecular formula is C11H11NO. The Balaban J connectivity index is 2.42. The molecule has 1 aromatic rings. The first-order chi connectivity index (χ1) is 6.42. The van der Waals surface area contributed by atoms with Crippen molar-refractivity contribution in [2.75, 3.05) is 6.54 Å². The van der Waals surface area contributed by atoms with Gasteiger partial charge in [-0.1, -0.05) is 24.3 Å². The second kappa shape index (κ2) is 3.56. The van der Waals surface area contributed by atoms with Crippen molar-refractivity contribution in [1.82, 2.24) is 5.32 Å². The quantitative estimate of drug-likeness (QED) is 0.648. The van der Waals surface area contributed by atoms with E-state index in [9.17, 15) is 4.79 Å². The standard InChI is InChI=1S/C11H11NO/c13-8-6-11-10-4-2-1-3-9(10)5-7-12-11/h1-4,6,11-12H,5,7H2. The van der Waals surface area contributed by atoms with Crippen molar-refractivity contribution in [2.45, 2.75) is 12.5 Å². The van der Waals surface area contributed by atoms with Crippen LogP contribution in [0.2, 0.25) is 0 Å². The van der Waals surface area contributed by atoms with Crippen LogP contribution in [0.15, 0.2) is 30.3 Å². The zero-order valence-electron chi connectivity index (χ0n) is 7.29. The van der Waals surface area contributed by atoms with Gasteiger partial charge < -0.3 is 5.32 Å². The first kappa shape index (κ1) is 8.24. The fraction of sp³-hybridized carbons (Fsp3) is 0.273. The summed E-state index contributed by atoms with van der Waals surface area (Å²) in [6, 6.07) is 8.26. The van der Waals surface area contributed by atoms with Gasteiger partial charge >= 0.3 is 0 Å².